The highest BCUT2D eigenvalue weighted by atomic mass is 19.1. The molecule has 1 N–H and O–H groups in total. The molecule has 0 bridgehead atoms. The lowest BCUT2D eigenvalue weighted by Crippen LogP contribution is -2.34. The van der Waals surface area contributed by atoms with E-state index < -0.39 is 11.7 Å². The van der Waals surface area contributed by atoms with Crippen molar-refractivity contribution in [2.45, 2.75) is 39.7 Å². The second-order valence-electron chi connectivity index (χ2n) is 7.79. The summed E-state index contributed by atoms with van der Waals surface area (Å²) < 4.78 is 24.8. The number of imide groups is 1. The van der Waals surface area contributed by atoms with Crippen LogP contribution in [0.15, 0.2) is 54.2 Å². The van der Waals surface area contributed by atoms with Gasteiger partial charge in [0.05, 0.1) is 18.3 Å². The van der Waals surface area contributed by atoms with E-state index in [1.54, 1.807) is 36.4 Å². The van der Waals surface area contributed by atoms with Crippen LogP contribution in [0.1, 0.15) is 39.2 Å². The first kappa shape index (κ1) is 23.5. The smallest absolute Gasteiger partial charge is 0.278 e. The highest BCUT2D eigenvalue weighted by Crippen LogP contribution is 2.31. The summed E-state index contributed by atoms with van der Waals surface area (Å²) in [5.74, 6) is -0.574. The maximum atomic E-state index is 13.7. The van der Waals surface area contributed by atoms with Gasteiger partial charge in [-0.1, -0.05) is 25.1 Å². The second-order valence-corrected chi connectivity index (χ2v) is 7.79. The lowest BCUT2D eigenvalue weighted by atomic mass is 10.0. The van der Waals surface area contributed by atoms with Gasteiger partial charge in [-0.15, -0.1) is 0 Å². The van der Waals surface area contributed by atoms with Crippen molar-refractivity contribution < 1.29 is 23.5 Å². The number of rotatable bonds is 11. The van der Waals surface area contributed by atoms with E-state index in [0.29, 0.717) is 36.6 Å². The standard InChI is InChI=1S/C25H29FN2O4/c1-4-14-32-21-11-9-18(10-12-21)22-23(27-20-8-5-7-19(26)16-20)25(30)28(24(22)29)13-6-15-31-17(2)3/h5,7-12,16-17,27H,4,6,13-15H2,1-3H3. The molecule has 7 heteroatoms. The number of anilines is 1. The van der Waals surface area contributed by atoms with Gasteiger partial charge in [0.1, 0.15) is 17.3 Å². The summed E-state index contributed by atoms with van der Waals surface area (Å²) in [4.78, 5) is 27.6. The maximum Gasteiger partial charge on any atom is 0.278 e. The first-order valence-corrected chi connectivity index (χ1v) is 10.9. The molecule has 0 saturated carbocycles. The molecule has 2 aromatic carbocycles. The maximum absolute atomic E-state index is 13.7. The number of hydrogen-bond donors (Lipinski definition) is 1. The minimum atomic E-state index is -0.440. The van der Waals surface area contributed by atoms with Crippen LogP contribution in [0, 0.1) is 5.82 Å². The van der Waals surface area contributed by atoms with Gasteiger partial charge in [-0.2, -0.15) is 0 Å². The van der Waals surface area contributed by atoms with E-state index in [2.05, 4.69) is 5.32 Å². The lowest BCUT2D eigenvalue weighted by Gasteiger charge is -2.16. The predicted octanol–water partition coefficient (Wildman–Crippen LogP) is 4.62. The number of amides is 2. The zero-order chi connectivity index (χ0) is 23.1. The van der Waals surface area contributed by atoms with E-state index in [4.69, 9.17) is 9.47 Å². The zero-order valence-electron chi connectivity index (χ0n) is 18.7. The Morgan fingerprint density at radius 2 is 1.78 bits per heavy atom. The predicted molar refractivity (Wildman–Crippen MR) is 122 cm³/mol. The third-order valence-electron chi connectivity index (χ3n) is 4.86. The number of benzene rings is 2. The molecule has 0 spiro atoms. The molecule has 2 amide bonds. The normalized spacial score (nSPS) is 14.0. The van der Waals surface area contributed by atoms with E-state index in [9.17, 15) is 14.0 Å². The van der Waals surface area contributed by atoms with Gasteiger partial charge in [0, 0.05) is 18.8 Å². The topological polar surface area (TPSA) is 67.9 Å². The number of halogens is 1. The molecule has 6 nitrogen and oxygen atoms in total. The quantitative estimate of drug-likeness (QED) is 0.408. The van der Waals surface area contributed by atoms with Crippen LogP contribution < -0.4 is 10.1 Å². The molecule has 0 aliphatic carbocycles. The molecule has 1 heterocycles. The molecule has 1 aliphatic rings. The molecule has 0 aromatic heterocycles. The number of carbonyl (C=O) groups is 2. The van der Waals surface area contributed by atoms with Gasteiger partial charge in [0.15, 0.2) is 0 Å². The molecular weight excluding hydrogens is 411 g/mol. The molecule has 0 fully saturated rings. The van der Waals surface area contributed by atoms with Crippen LogP contribution in [0.4, 0.5) is 10.1 Å². The Labute approximate surface area is 188 Å². The van der Waals surface area contributed by atoms with Crippen molar-refractivity contribution in [1.82, 2.24) is 4.90 Å². The van der Waals surface area contributed by atoms with Crippen molar-refractivity contribution in [3.05, 3.63) is 65.6 Å². The van der Waals surface area contributed by atoms with Gasteiger partial charge in [-0.05, 0) is 62.6 Å². The highest BCUT2D eigenvalue weighted by Gasteiger charge is 2.38. The van der Waals surface area contributed by atoms with Gasteiger partial charge in [-0.25, -0.2) is 4.39 Å². The average Bonchev–Trinajstić information content (AvgIpc) is 2.99. The molecule has 1 aliphatic heterocycles. The summed E-state index contributed by atoms with van der Waals surface area (Å²) in [6, 6.07) is 12.8. The number of nitrogens with zero attached hydrogens (tertiary/aromatic N) is 1. The third kappa shape index (κ3) is 5.73. The summed E-state index contributed by atoms with van der Waals surface area (Å²) >= 11 is 0. The fourth-order valence-corrected chi connectivity index (χ4v) is 3.35. The van der Waals surface area contributed by atoms with Crippen molar-refractivity contribution in [2.24, 2.45) is 0 Å². The Morgan fingerprint density at radius 3 is 2.44 bits per heavy atom. The van der Waals surface area contributed by atoms with Crippen LogP contribution in [0.3, 0.4) is 0 Å². The highest BCUT2D eigenvalue weighted by molar-refractivity contribution is 6.36. The van der Waals surface area contributed by atoms with Crippen LogP contribution in [-0.2, 0) is 14.3 Å². The first-order chi connectivity index (χ1) is 15.4. The van der Waals surface area contributed by atoms with Crippen molar-refractivity contribution >= 4 is 23.1 Å². The monoisotopic (exact) mass is 440 g/mol. The molecule has 170 valence electrons. The van der Waals surface area contributed by atoms with E-state index in [1.807, 2.05) is 20.8 Å². The van der Waals surface area contributed by atoms with E-state index in [-0.39, 0.29) is 29.8 Å². The fourth-order valence-electron chi connectivity index (χ4n) is 3.35. The number of nitrogens with one attached hydrogen (secondary N) is 1. The number of hydrogen-bond acceptors (Lipinski definition) is 5. The molecule has 0 atom stereocenters. The van der Waals surface area contributed by atoms with Gasteiger partial charge >= 0.3 is 0 Å². The van der Waals surface area contributed by atoms with Gasteiger partial charge in [-0.3, -0.25) is 14.5 Å². The van der Waals surface area contributed by atoms with E-state index >= 15 is 0 Å². The molecule has 0 unspecified atom stereocenters. The molecule has 3 rings (SSSR count). The van der Waals surface area contributed by atoms with Gasteiger partial charge in [0.25, 0.3) is 11.8 Å². The number of ether oxygens (including phenoxy) is 2. The second kappa shape index (κ2) is 10.9. The Morgan fingerprint density at radius 1 is 1.03 bits per heavy atom. The van der Waals surface area contributed by atoms with Crippen LogP contribution >= 0.6 is 0 Å². The summed E-state index contributed by atoms with van der Waals surface area (Å²) in [6.07, 6.45) is 1.49. The fraction of sp³-hybridized carbons (Fsp3) is 0.360. The van der Waals surface area contributed by atoms with Crippen molar-refractivity contribution in [1.29, 1.82) is 0 Å². The third-order valence-corrected chi connectivity index (χ3v) is 4.86. The van der Waals surface area contributed by atoms with Crippen molar-refractivity contribution in [2.75, 3.05) is 25.1 Å². The summed E-state index contributed by atoms with van der Waals surface area (Å²) in [5, 5.41) is 2.96. The summed E-state index contributed by atoms with van der Waals surface area (Å²) in [6.45, 7) is 7.16. The summed E-state index contributed by atoms with van der Waals surface area (Å²) in [5.41, 5.74) is 1.37. The first-order valence-electron chi connectivity index (χ1n) is 10.9. The minimum Gasteiger partial charge on any atom is -0.494 e. The van der Waals surface area contributed by atoms with E-state index in [1.165, 1.54) is 17.0 Å². The van der Waals surface area contributed by atoms with Gasteiger partial charge in [0.2, 0.25) is 0 Å². The molecular formula is C25H29FN2O4. The summed E-state index contributed by atoms with van der Waals surface area (Å²) in [7, 11) is 0. The van der Waals surface area contributed by atoms with Crippen LogP contribution in [0.25, 0.3) is 5.57 Å². The van der Waals surface area contributed by atoms with Gasteiger partial charge < -0.3 is 14.8 Å². The molecule has 32 heavy (non-hydrogen) atoms. The Balaban J connectivity index is 1.88. The molecule has 0 radical (unpaired) electrons. The van der Waals surface area contributed by atoms with E-state index in [0.717, 1.165) is 6.42 Å². The van der Waals surface area contributed by atoms with Crippen LogP contribution in [0.2, 0.25) is 0 Å². The average molecular weight is 441 g/mol. The Hall–Kier alpha value is -3.19. The SMILES string of the molecule is CCCOc1ccc(C2=C(Nc3cccc(F)c3)C(=O)N(CCCOC(C)C)C2=O)cc1. The molecule has 0 saturated heterocycles. The van der Waals surface area contributed by atoms with Crippen LogP contribution in [0.5, 0.6) is 5.75 Å². The van der Waals surface area contributed by atoms with Crippen LogP contribution in [-0.4, -0.2) is 42.6 Å². The lowest BCUT2D eigenvalue weighted by molar-refractivity contribution is -0.137. The Kier molecular flexibility index (Phi) is 8.00. The minimum absolute atomic E-state index is 0.0762. The van der Waals surface area contributed by atoms with Crippen molar-refractivity contribution in [3.63, 3.8) is 0 Å². The largest absolute Gasteiger partial charge is 0.494 e. The van der Waals surface area contributed by atoms with Crippen molar-refractivity contribution in [3.8, 4) is 5.75 Å². The molecule has 2 aromatic rings. The number of carbonyl (C=O) groups excluding carboxylic acids is 2. The Bertz CT molecular complexity index is 986. The zero-order valence-corrected chi connectivity index (χ0v) is 18.7.